The Morgan fingerprint density at radius 2 is 1.80 bits per heavy atom. The van der Waals surface area contributed by atoms with Crippen LogP contribution >= 0.6 is 0 Å². The molecule has 2 fully saturated rings. The van der Waals surface area contributed by atoms with E-state index in [1.54, 1.807) is 30.3 Å². The van der Waals surface area contributed by atoms with Gasteiger partial charge in [0.15, 0.2) is 0 Å². The molecule has 2 aromatic rings. The maximum atomic E-state index is 14.3. The molecule has 0 aromatic heterocycles. The van der Waals surface area contributed by atoms with Crippen molar-refractivity contribution in [2.75, 3.05) is 37.6 Å². The standard InChI is InChI=1S/C32H39F4N3O2/c1-3-5-30(41-23(2)40)18-31(22-37,27-6-4-7-28(33)16-27)26-12-14-38(15-13-26)19-25-20-39(21-25)29-10-8-24(9-11-29)17-32(34,35)36/h4,6-11,16,25-26,30H,3,5,12-15,17-21H2,1-2H3. The van der Waals surface area contributed by atoms with Gasteiger partial charge in [0.05, 0.1) is 17.9 Å². The van der Waals surface area contributed by atoms with Crippen LogP contribution in [0, 0.1) is 29.0 Å². The molecular weight excluding hydrogens is 534 g/mol. The number of piperidine rings is 1. The zero-order valence-electron chi connectivity index (χ0n) is 23.8. The number of ether oxygens (including phenoxy) is 1. The van der Waals surface area contributed by atoms with Crippen molar-refractivity contribution in [3.05, 3.63) is 65.5 Å². The first-order valence-electron chi connectivity index (χ1n) is 14.5. The van der Waals surface area contributed by atoms with Crippen molar-refractivity contribution in [1.82, 2.24) is 4.90 Å². The molecule has 2 saturated heterocycles. The molecule has 0 saturated carbocycles. The van der Waals surface area contributed by atoms with E-state index in [0.717, 1.165) is 57.7 Å². The first-order chi connectivity index (χ1) is 19.5. The third kappa shape index (κ3) is 8.00. The molecule has 0 aliphatic carbocycles. The Morgan fingerprint density at radius 3 is 2.37 bits per heavy atom. The Hall–Kier alpha value is -3.12. The summed E-state index contributed by atoms with van der Waals surface area (Å²) >= 11 is 0. The van der Waals surface area contributed by atoms with Gasteiger partial charge in [-0.2, -0.15) is 18.4 Å². The van der Waals surface area contributed by atoms with Gasteiger partial charge in [-0.3, -0.25) is 4.79 Å². The first-order valence-corrected chi connectivity index (χ1v) is 14.5. The summed E-state index contributed by atoms with van der Waals surface area (Å²) in [6, 6.07) is 15.5. The molecule has 2 atom stereocenters. The van der Waals surface area contributed by atoms with Gasteiger partial charge in [-0.15, -0.1) is 0 Å². The van der Waals surface area contributed by atoms with E-state index in [4.69, 9.17) is 4.74 Å². The Balaban J connectivity index is 1.36. The Bertz CT molecular complexity index is 1200. The normalized spacial score (nSPS) is 19.2. The fourth-order valence-corrected chi connectivity index (χ4v) is 6.53. The second kappa shape index (κ2) is 13.2. The van der Waals surface area contributed by atoms with E-state index in [1.807, 2.05) is 13.0 Å². The van der Waals surface area contributed by atoms with Crippen LogP contribution in [0.15, 0.2) is 48.5 Å². The third-order valence-corrected chi connectivity index (χ3v) is 8.50. The summed E-state index contributed by atoms with van der Waals surface area (Å²) in [7, 11) is 0. The summed E-state index contributed by atoms with van der Waals surface area (Å²) in [6.45, 7) is 7.64. The van der Waals surface area contributed by atoms with Gasteiger partial charge in [-0.1, -0.05) is 37.6 Å². The Labute approximate surface area is 240 Å². The van der Waals surface area contributed by atoms with Crippen molar-refractivity contribution in [3.63, 3.8) is 0 Å². The minimum atomic E-state index is -4.21. The van der Waals surface area contributed by atoms with E-state index >= 15 is 0 Å². The van der Waals surface area contributed by atoms with Gasteiger partial charge >= 0.3 is 12.1 Å². The van der Waals surface area contributed by atoms with E-state index in [0.29, 0.717) is 24.3 Å². The number of benzene rings is 2. The largest absolute Gasteiger partial charge is 0.462 e. The minimum Gasteiger partial charge on any atom is -0.462 e. The number of carbonyl (C=O) groups is 1. The van der Waals surface area contributed by atoms with Crippen molar-refractivity contribution in [1.29, 1.82) is 5.26 Å². The monoisotopic (exact) mass is 573 g/mol. The van der Waals surface area contributed by atoms with E-state index < -0.39 is 24.1 Å². The van der Waals surface area contributed by atoms with Crippen LogP contribution in [-0.4, -0.2) is 55.9 Å². The number of hydrogen-bond donors (Lipinski definition) is 0. The average Bonchev–Trinajstić information content (AvgIpc) is 2.89. The van der Waals surface area contributed by atoms with Crippen molar-refractivity contribution in [3.8, 4) is 6.07 Å². The summed E-state index contributed by atoms with van der Waals surface area (Å²) in [4.78, 5) is 16.4. The summed E-state index contributed by atoms with van der Waals surface area (Å²) < 4.78 is 57.8. The van der Waals surface area contributed by atoms with Crippen LogP contribution in [0.2, 0.25) is 0 Å². The van der Waals surface area contributed by atoms with Gasteiger partial charge in [0, 0.05) is 44.6 Å². The zero-order valence-corrected chi connectivity index (χ0v) is 23.8. The molecule has 0 amide bonds. The van der Waals surface area contributed by atoms with Crippen LogP contribution in [0.4, 0.5) is 23.2 Å². The molecule has 2 unspecified atom stereocenters. The smallest absolute Gasteiger partial charge is 0.393 e. The molecular formula is C32H39F4N3O2. The predicted molar refractivity (Wildman–Crippen MR) is 150 cm³/mol. The van der Waals surface area contributed by atoms with E-state index in [9.17, 15) is 27.6 Å². The van der Waals surface area contributed by atoms with Crippen molar-refractivity contribution < 1.29 is 27.1 Å². The van der Waals surface area contributed by atoms with Crippen LogP contribution < -0.4 is 4.90 Å². The number of carbonyl (C=O) groups excluding carboxylic acids is 1. The van der Waals surface area contributed by atoms with E-state index in [2.05, 4.69) is 15.9 Å². The second-order valence-corrected chi connectivity index (χ2v) is 11.6. The maximum absolute atomic E-state index is 14.3. The number of rotatable bonds is 11. The summed E-state index contributed by atoms with van der Waals surface area (Å²) in [5.41, 5.74) is 0.883. The van der Waals surface area contributed by atoms with Gasteiger partial charge in [0.2, 0.25) is 0 Å². The molecule has 0 radical (unpaired) electrons. The number of hydrogen-bond acceptors (Lipinski definition) is 5. The molecule has 0 N–H and O–H groups in total. The lowest BCUT2D eigenvalue weighted by Crippen LogP contribution is -2.53. The summed E-state index contributed by atoms with van der Waals surface area (Å²) in [5.74, 6) is -0.309. The first kappa shape index (κ1) is 30.8. The van der Waals surface area contributed by atoms with Crippen molar-refractivity contribution >= 4 is 11.7 Å². The number of halogens is 4. The summed E-state index contributed by atoms with van der Waals surface area (Å²) in [5, 5.41) is 10.6. The SMILES string of the molecule is CCCC(CC(C#N)(c1cccc(F)c1)C1CCN(CC2CN(c3ccc(CC(F)(F)F)cc3)C2)CC1)OC(C)=O. The van der Waals surface area contributed by atoms with Crippen LogP contribution in [-0.2, 0) is 21.4 Å². The molecule has 2 aromatic carbocycles. The fraction of sp³-hybridized carbons (Fsp3) is 0.562. The lowest BCUT2D eigenvalue weighted by Gasteiger charge is -2.46. The van der Waals surface area contributed by atoms with Gasteiger partial charge < -0.3 is 14.5 Å². The minimum absolute atomic E-state index is 0.00596. The lowest BCUT2D eigenvalue weighted by atomic mass is 9.64. The topological polar surface area (TPSA) is 56.6 Å². The number of esters is 1. The molecule has 9 heteroatoms. The van der Waals surface area contributed by atoms with Gasteiger partial charge in [-0.25, -0.2) is 4.39 Å². The molecule has 0 spiro atoms. The Morgan fingerprint density at radius 1 is 1.12 bits per heavy atom. The number of anilines is 1. The van der Waals surface area contributed by atoms with Crippen LogP contribution in [0.1, 0.15) is 57.1 Å². The highest BCUT2D eigenvalue weighted by atomic mass is 19.4. The molecule has 222 valence electrons. The number of nitriles is 1. The van der Waals surface area contributed by atoms with Crippen LogP contribution in [0.5, 0.6) is 0 Å². The highest BCUT2D eigenvalue weighted by molar-refractivity contribution is 5.66. The fourth-order valence-electron chi connectivity index (χ4n) is 6.53. The van der Waals surface area contributed by atoms with Gasteiger partial charge in [0.1, 0.15) is 11.9 Å². The molecule has 2 aliphatic heterocycles. The third-order valence-electron chi connectivity index (χ3n) is 8.50. The van der Waals surface area contributed by atoms with E-state index in [-0.39, 0.29) is 23.3 Å². The van der Waals surface area contributed by atoms with Crippen molar-refractivity contribution in [2.24, 2.45) is 11.8 Å². The average molecular weight is 574 g/mol. The zero-order chi connectivity index (χ0) is 29.6. The van der Waals surface area contributed by atoms with E-state index in [1.165, 1.54) is 19.1 Å². The van der Waals surface area contributed by atoms with Crippen molar-refractivity contribution in [2.45, 2.75) is 70.1 Å². The number of likely N-dealkylation sites (tertiary alicyclic amines) is 1. The quantitative estimate of drug-likeness (QED) is 0.222. The lowest BCUT2D eigenvalue weighted by molar-refractivity contribution is -0.147. The molecule has 0 bridgehead atoms. The predicted octanol–water partition coefficient (Wildman–Crippen LogP) is 6.66. The Kier molecular flexibility index (Phi) is 9.96. The van der Waals surface area contributed by atoms with Crippen LogP contribution in [0.3, 0.4) is 0 Å². The highest BCUT2D eigenvalue weighted by Gasteiger charge is 2.45. The second-order valence-electron chi connectivity index (χ2n) is 11.6. The van der Waals surface area contributed by atoms with Crippen LogP contribution in [0.25, 0.3) is 0 Å². The molecule has 2 heterocycles. The number of nitrogens with zero attached hydrogens (tertiary/aromatic N) is 3. The van der Waals surface area contributed by atoms with Gasteiger partial charge in [0.25, 0.3) is 0 Å². The number of alkyl halides is 3. The maximum Gasteiger partial charge on any atom is 0.393 e. The molecule has 2 aliphatic rings. The molecule has 41 heavy (non-hydrogen) atoms. The molecule has 5 nitrogen and oxygen atoms in total. The highest BCUT2D eigenvalue weighted by Crippen LogP contribution is 2.43. The molecule has 4 rings (SSSR count). The summed E-state index contributed by atoms with van der Waals surface area (Å²) in [6.07, 6.45) is -2.20. The van der Waals surface area contributed by atoms with Gasteiger partial charge in [-0.05, 0) is 73.7 Å².